The number of aryl methyl sites for hydroxylation is 1. The molecule has 0 bridgehead atoms. The molecule has 1 atom stereocenters. The first kappa shape index (κ1) is 35.3. The van der Waals surface area contributed by atoms with Gasteiger partial charge in [-0.05, 0) is 129 Å². The average molecular weight is 742 g/mol. The zero-order valence-corrected chi connectivity index (χ0v) is 32.2. The second-order valence-corrected chi connectivity index (χ2v) is 15.6. The molecule has 0 saturated heterocycles. The number of nitrogens with one attached hydrogen (secondary N) is 2. The van der Waals surface area contributed by atoms with E-state index < -0.39 is 0 Å². The van der Waals surface area contributed by atoms with Gasteiger partial charge in [0.1, 0.15) is 6.17 Å². The van der Waals surface area contributed by atoms with E-state index in [-0.39, 0.29) is 6.17 Å². The third-order valence-corrected chi connectivity index (χ3v) is 11.9. The highest BCUT2D eigenvalue weighted by Crippen LogP contribution is 2.43. The minimum atomic E-state index is -0.374. The number of benzene rings is 5. The van der Waals surface area contributed by atoms with Crippen molar-refractivity contribution in [2.45, 2.75) is 36.7 Å². The van der Waals surface area contributed by atoms with Gasteiger partial charge in [0, 0.05) is 27.3 Å². The summed E-state index contributed by atoms with van der Waals surface area (Å²) in [6.45, 7) is 8.51. The van der Waals surface area contributed by atoms with Crippen LogP contribution in [0.25, 0.3) is 33.5 Å². The maximum atomic E-state index is 5.50. The highest BCUT2D eigenvalue weighted by molar-refractivity contribution is 8.04. The molecule has 0 spiro atoms. The third-order valence-electron chi connectivity index (χ3n) is 10.9. The predicted molar refractivity (Wildman–Crippen MR) is 239 cm³/mol. The van der Waals surface area contributed by atoms with Crippen molar-refractivity contribution in [3.63, 3.8) is 0 Å². The van der Waals surface area contributed by atoms with Crippen LogP contribution in [-0.4, -0.2) is 10.7 Å². The molecular formula is C52H43N3S. The summed E-state index contributed by atoms with van der Waals surface area (Å²) in [5.41, 5.74) is 18.2. The second-order valence-electron chi connectivity index (χ2n) is 14.4. The van der Waals surface area contributed by atoms with Crippen molar-refractivity contribution in [2.75, 3.05) is 5.32 Å². The fourth-order valence-electron chi connectivity index (χ4n) is 8.07. The van der Waals surface area contributed by atoms with E-state index >= 15 is 0 Å². The van der Waals surface area contributed by atoms with Crippen LogP contribution in [0.5, 0.6) is 0 Å². The smallest absolute Gasteiger partial charge is 0.145 e. The number of aliphatic imine (C=N–C) groups is 1. The van der Waals surface area contributed by atoms with E-state index in [0.717, 1.165) is 86.0 Å². The minimum Gasteiger partial charge on any atom is -0.361 e. The molecule has 6 aromatic rings. The first-order chi connectivity index (χ1) is 27.6. The van der Waals surface area contributed by atoms with E-state index in [4.69, 9.17) is 4.99 Å². The molecule has 5 aromatic carbocycles. The van der Waals surface area contributed by atoms with Crippen LogP contribution < -0.4 is 5.32 Å². The molecule has 2 heterocycles. The molecule has 0 saturated carbocycles. The summed E-state index contributed by atoms with van der Waals surface area (Å²) in [5, 5.41) is 3.85. The fourth-order valence-corrected chi connectivity index (χ4v) is 8.99. The highest BCUT2D eigenvalue weighted by atomic mass is 32.2. The van der Waals surface area contributed by atoms with Crippen molar-refractivity contribution >= 4 is 34.3 Å². The number of H-pyrrole nitrogens is 1. The molecule has 0 fully saturated rings. The lowest BCUT2D eigenvalue weighted by atomic mass is 9.83. The Hall–Kier alpha value is -6.36. The fraction of sp³-hybridized carbons (Fsp3) is 0.0962. The van der Waals surface area contributed by atoms with Crippen LogP contribution in [0, 0.1) is 0 Å². The molecule has 4 heteroatoms. The van der Waals surface area contributed by atoms with Gasteiger partial charge in [-0.3, -0.25) is 4.99 Å². The summed E-state index contributed by atoms with van der Waals surface area (Å²) in [4.78, 5) is 10.9. The van der Waals surface area contributed by atoms with Gasteiger partial charge in [-0.2, -0.15) is 0 Å². The monoisotopic (exact) mass is 741 g/mol. The van der Waals surface area contributed by atoms with E-state index in [1.165, 1.54) is 33.4 Å². The summed E-state index contributed by atoms with van der Waals surface area (Å²) in [5.74, 6) is 0. The summed E-state index contributed by atoms with van der Waals surface area (Å²) >= 11 is 1.66. The molecule has 1 unspecified atom stereocenters. The Bertz CT molecular complexity index is 2600. The summed E-state index contributed by atoms with van der Waals surface area (Å²) in [7, 11) is 0. The molecule has 2 N–H and O–H groups in total. The molecule has 0 amide bonds. The van der Waals surface area contributed by atoms with Crippen LogP contribution in [0.3, 0.4) is 0 Å². The standard InChI is InChI=1S/C52H43N3S/c1-3-4-6-13-36(21-24-38-25-28-40-16-11-17-41-29-30-46(38)50(40)41)43-32-44(37-22-26-39(27-23-37)47-19-12-31-53-47)34-45(33-43)52-54-48-18-9-10-20-49(48)56-35(2)51(55-52)42-14-7-5-8-15-42/h3-12,14-24,26-27,30-34,52-54H,1-2,13,25,28-29H2/b6-4-,36-21+,38-24+,55-51+. The summed E-state index contributed by atoms with van der Waals surface area (Å²) < 4.78 is 0. The van der Waals surface area contributed by atoms with E-state index in [2.05, 4.69) is 163 Å². The Morgan fingerprint density at radius 1 is 0.786 bits per heavy atom. The first-order valence-electron chi connectivity index (χ1n) is 19.4. The molecule has 3 aliphatic rings. The molecule has 3 nitrogen and oxygen atoms in total. The zero-order valence-electron chi connectivity index (χ0n) is 31.3. The maximum Gasteiger partial charge on any atom is 0.145 e. The van der Waals surface area contributed by atoms with Gasteiger partial charge in [-0.15, -0.1) is 0 Å². The van der Waals surface area contributed by atoms with Gasteiger partial charge in [0.2, 0.25) is 0 Å². The summed E-state index contributed by atoms with van der Waals surface area (Å²) in [6.07, 6.45) is 18.7. The molecule has 0 radical (unpaired) electrons. The quantitative estimate of drug-likeness (QED) is 0.145. The maximum absolute atomic E-state index is 5.50. The topological polar surface area (TPSA) is 40.2 Å². The van der Waals surface area contributed by atoms with Gasteiger partial charge in [0.25, 0.3) is 0 Å². The van der Waals surface area contributed by atoms with E-state index in [9.17, 15) is 0 Å². The average Bonchev–Trinajstić information content (AvgIpc) is 3.94. The molecule has 1 aromatic heterocycles. The van der Waals surface area contributed by atoms with Gasteiger partial charge in [-0.1, -0.05) is 146 Å². The molecular weight excluding hydrogens is 699 g/mol. The predicted octanol–water partition coefficient (Wildman–Crippen LogP) is 13.6. The van der Waals surface area contributed by atoms with E-state index in [1.54, 1.807) is 11.8 Å². The Labute approximate surface area is 334 Å². The van der Waals surface area contributed by atoms with Crippen LogP contribution in [0.1, 0.15) is 52.4 Å². The Kier molecular flexibility index (Phi) is 9.96. The number of nitrogens with zero attached hydrogens (tertiary/aromatic N) is 1. The number of hydrogen-bond donors (Lipinski definition) is 2. The third kappa shape index (κ3) is 7.24. The number of allylic oxidation sites excluding steroid dienone is 10. The van der Waals surface area contributed by atoms with Gasteiger partial charge in [0.05, 0.1) is 11.4 Å². The van der Waals surface area contributed by atoms with Crippen molar-refractivity contribution in [1.29, 1.82) is 0 Å². The van der Waals surface area contributed by atoms with Gasteiger partial charge < -0.3 is 10.3 Å². The summed E-state index contributed by atoms with van der Waals surface area (Å²) in [6, 6.07) is 45.6. The largest absolute Gasteiger partial charge is 0.361 e. The lowest BCUT2D eigenvalue weighted by molar-refractivity contribution is 0.833. The number of para-hydroxylation sites is 1. The number of hydrogen-bond acceptors (Lipinski definition) is 3. The SMILES string of the molecule is C=C/C=C\C/C(=C\C=C1/CCc2cccc3c2C1=CC3)c1cc(-c2ccc(-c3ccc[nH]3)cc2)cc(C2/N=C(/c3ccccc3)C(=C)Sc3ccccc3N2)c1. The molecule has 56 heavy (non-hydrogen) atoms. The van der Waals surface area contributed by atoms with Gasteiger partial charge >= 0.3 is 0 Å². The first-order valence-corrected chi connectivity index (χ1v) is 20.2. The lowest BCUT2D eigenvalue weighted by Gasteiger charge is -2.25. The van der Waals surface area contributed by atoms with E-state index in [1.807, 2.05) is 30.5 Å². The van der Waals surface area contributed by atoms with Crippen LogP contribution in [0.15, 0.2) is 204 Å². The zero-order chi connectivity index (χ0) is 37.8. The normalized spacial score (nSPS) is 18.0. The van der Waals surface area contributed by atoms with Crippen LogP contribution in [0.4, 0.5) is 5.69 Å². The highest BCUT2D eigenvalue weighted by Gasteiger charge is 2.25. The number of aromatic amines is 1. The van der Waals surface area contributed by atoms with Crippen LogP contribution >= 0.6 is 11.8 Å². The Morgan fingerprint density at radius 3 is 2.45 bits per heavy atom. The number of rotatable bonds is 9. The number of fused-ring (bicyclic) bond motifs is 1. The second kappa shape index (κ2) is 15.8. The van der Waals surface area contributed by atoms with Gasteiger partial charge in [-0.25, -0.2) is 0 Å². The Balaban J connectivity index is 1.20. The van der Waals surface area contributed by atoms with Gasteiger partial charge in [0.15, 0.2) is 0 Å². The Morgan fingerprint density at radius 2 is 1.61 bits per heavy atom. The van der Waals surface area contributed by atoms with Crippen LogP contribution in [-0.2, 0) is 12.8 Å². The molecule has 2 aliphatic carbocycles. The lowest BCUT2D eigenvalue weighted by Crippen LogP contribution is -2.16. The van der Waals surface area contributed by atoms with Crippen molar-refractivity contribution in [2.24, 2.45) is 4.99 Å². The van der Waals surface area contributed by atoms with Crippen molar-refractivity contribution in [1.82, 2.24) is 4.98 Å². The number of anilines is 1. The minimum absolute atomic E-state index is 0.374. The van der Waals surface area contributed by atoms with Crippen molar-refractivity contribution in [3.05, 3.63) is 227 Å². The van der Waals surface area contributed by atoms with Crippen molar-refractivity contribution in [3.8, 4) is 22.4 Å². The molecule has 1 aliphatic heterocycles. The van der Waals surface area contributed by atoms with Crippen molar-refractivity contribution < 1.29 is 0 Å². The molecule has 9 rings (SSSR count). The number of thioether (sulfide) groups is 1. The van der Waals surface area contributed by atoms with E-state index in [0.29, 0.717) is 0 Å². The van der Waals surface area contributed by atoms with Crippen LogP contribution in [0.2, 0.25) is 0 Å². The molecule has 272 valence electrons. The number of aromatic nitrogens is 1.